The Hall–Kier alpha value is -0.930. The second-order valence-corrected chi connectivity index (χ2v) is 3.34. The van der Waals surface area contributed by atoms with Gasteiger partial charge >= 0.3 is 5.97 Å². The number of hydrogen-bond acceptors (Lipinski definition) is 3. The Bertz CT molecular complexity index is 321. The maximum atomic E-state index is 10.8. The molecule has 1 rings (SSSR count). The lowest BCUT2D eigenvalue weighted by molar-refractivity contribution is -0.138. The largest absolute Gasteiger partial charge is 0.468 e. The Morgan fingerprint density at radius 1 is 1.43 bits per heavy atom. The molecule has 0 aliphatic carbocycles. The third-order valence-corrected chi connectivity index (χ3v) is 2.23. The zero-order chi connectivity index (χ0) is 10.6. The van der Waals surface area contributed by atoms with E-state index in [0.29, 0.717) is 15.7 Å². The van der Waals surface area contributed by atoms with Crippen molar-refractivity contribution in [3.63, 3.8) is 0 Å². The fourth-order valence-corrected chi connectivity index (χ4v) is 1.43. The SMILES string of the molecule is COC(=O)CNc1c(Cl)cccc1Cl. The summed E-state index contributed by atoms with van der Waals surface area (Å²) in [5.41, 5.74) is 0.543. The highest BCUT2D eigenvalue weighted by molar-refractivity contribution is 6.39. The monoisotopic (exact) mass is 233 g/mol. The summed E-state index contributed by atoms with van der Waals surface area (Å²) in [5.74, 6) is -0.374. The molecule has 0 saturated heterocycles. The van der Waals surface area contributed by atoms with Crippen LogP contribution in [-0.4, -0.2) is 19.6 Å². The fourth-order valence-electron chi connectivity index (χ4n) is 0.899. The Labute approximate surface area is 92.0 Å². The van der Waals surface area contributed by atoms with Crippen LogP contribution in [0.3, 0.4) is 0 Å². The summed E-state index contributed by atoms with van der Waals surface area (Å²) in [4.78, 5) is 10.8. The number of hydrogen-bond donors (Lipinski definition) is 1. The Balaban J connectivity index is 2.71. The molecule has 1 aromatic rings. The van der Waals surface area contributed by atoms with Gasteiger partial charge in [0.15, 0.2) is 0 Å². The van der Waals surface area contributed by atoms with Gasteiger partial charge < -0.3 is 10.1 Å². The van der Waals surface area contributed by atoms with Gasteiger partial charge in [0.25, 0.3) is 0 Å². The summed E-state index contributed by atoms with van der Waals surface area (Å²) >= 11 is 11.7. The summed E-state index contributed by atoms with van der Waals surface area (Å²) in [6.45, 7) is 0.0416. The van der Waals surface area contributed by atoms with Gasteiger partial charge in [-0.05, 0) is 12.1 Å². The lowest BCUT2D eigenvalue weighted by atomic mass is 10.3. The number of anilines is 1. The van der Waals surface area contributed by atoms with Crippen LogP contribution < -0.4 is 5.32 Å². The zero-order valence-electron chi connectivity index (χ0n) is 7.51. The minimum absolute atomic E-state index is 0.0416. The lowest BCUT2D eigenvalue weighted by Gasteiger charge is -2.08. The van der Waals surface area contributed by atoms with E-state index in [0.717, 1.165) is 0 Å². The molecule has 0 saturated carbocycles. The minimum Gasteiger partial charge on any atom is -0.468 e. The molecule has 0 spiro atoms. The van der Waals surface area contributed by atoms with Crippen LogP contribution in [-0.2, 0) is 9.53 Å². The van der Waals surface area contributed by atoms with Crippen molar-refractivity contribution >= 4 is 34.9 Å². The summed E-state index contributed by atoms with van der Waals surface area (Å²) in [5, 5.41) is 3.74. The highest BCUT2D eigenvalue weighted by atomic mass is 35.5. The first kappa shape index (κ1) is 11.1. The number of rotatable bonds is 3. The minimum atomic E-state index is -0.374. The third-order valence-electron chi connectivity index (χ3n) is 1.60. The first-order valence-corrected chi connectivity index (χ1v) is 4.65. The molecule has 0 radical (unpaired) electrons. The number of carbonyl (C=O) groups is 1. The molecular weight excluding hydrogens is 225 g/mol. The van der Waals surface area contributed by atoms with Gasteiger partial charge in [0, 0.05) is 0 Å². The topological polar surface area (TPSA) is 38.3 Å². The van der Waals surface area contributed by atoms with E-state index in [-0.39, 0.29) is 12.5 Å². The number of carbonyl (C=O) groups excluding carboxylic acids is 1. The molecule has 0 aromatic heterocycles. The van der Waals surface area contributed by atoms with Crippen LogP contribution in [0.5, 0.6) is 0 Å². The molecule has 0 heterocycles. The molecule has 0 atom stereocenters. The van der Waals surface area contributed by atoms with E-state index in [1.54, 1.807) is 18.2 Å². The number of ether oxygens (including phenoxy) is 1. The van der Waals surface area contributed by atoms with Crippen molar-refractivity contribution in [2.45, 2.75) is 0 Å². The number of halogens is 2. The standard InChI is InChI=1S/C9H9Cl2NO2/c1-14-8(13)5-12-9-6(10)3-2-4-7(9)11/h2-4,12H,5H2,1H3. The predicted octanol–water partition coefficient (Wildman–Crippen LogP) is 2.58. The van der Waals surface area contributed by atoms with Gasteiger partial charge in [-0.1, -0.05) is 29.3 Å². The second-order valence-electron chi connectivity index (χ2n) is 2.53. The molecule has 0 fully saturated rings. The number of para-hydroxylation sites is 1. The van der Waals surface area contributed by atoms with Crippen molar-refractivity contribution < 1.29 is 9.53 Å². The molecule has 0 amide bonds. The van der Waals surface area contributed by atoms with Crippen LogP contribution in [0, 0.1) is 0 Å². The van der Waals surface area contributed by atoms with E-state index in [9.17, 15) is 4.79 Å². The van der Waals surface area contributed by atoms with Crippen molar-refractivity contribution in [3.05, 3.63) is 28.2 Å². The normalized spacial score (nSPS) is 9.64. The van der Waals surface area contributed by atoms with Crippen molar-refractivity contribution in [1.29, 1.82) is 0 Å². The molecular formula is C9H9Cl2NO2. The summed E-state index contributed by atoms with van der Waals surface area (Å²) in [6.07, 6.45) is 0. The van der Waals surface area contributed by atoms with Gasteiger partial charge in [0.1, 0.15) is 6.54 Å². The fraction of sp³-hybridized carbons (Fsp3) is 0.222. The summed E-state index contributed by atoms with van der Waals surface area (Å²) in [6, 6.07) is 5.11. The number of esters is 1. The molecule has 0 unspecified atom stereocenters. The smallest absolute Gasteiger partial charge is 0.325 e. The van der Waals surface area contributed by atoms with Gasteiger partial charge in [-0.3, -0.25) is 4.79 Å². The molecule has 5 heteroatoms. The van der Waals surface area contributed by atoms with E-state index < -0.39 is 0 Å². The van der Waals surface area contributed by atoms with E-state index in [4.69, 9.17) is 23.2 Å². The number of nitrogens with one attached hydrogen (secondary N) is 1. The average molecular weight is 234 g/mol. The first-order valence-electron chi connectivity index (χ1n) is 3.90. The van der Waals surface area contributed by atoms with Gasteiger partial charge in [0.2, 0.25) is 0 Å². The molecule has 0 aliphatic rings. The summed E-state index contributed by atoms with van der Waals surface area (Å²) in [7, 11) is 1.32. The second kappa shape index (κ2) is 5.08. The maximum Gasteiger partial charge on any atom is 0.325 e. The van der Waals surface area contributed by atoms with Gasteiger partial charge in [-0.25, -0.2) is 0 Å². The first-order chi connectivity index (χ1) is 6.65. The molecule has 1 N–H and O–H groups in total. The van der Waals surface area contributed by atoms with Crippen molar-refractivity contribution in [2.24, 2.45) is 0 Å². The van der Waals surface area contributed by atoms with Crippen LogP contribution in [0.1, 0.15) is 0 Å². The Morgan fingerprint density at radius 2 is 2.00 bits per heavy atom. The van der Waals surface area contributed by atoms with Crippen molar-refractivity contribution in [1.82, 2.24) is 0 Å². The average Bonchev–Trinajstić information content (AvgIpc) is 2.16. The molecule has 14 heavy (non-hydrogen) atoms. The van der Waals surface area contributed by atoms with Crippen LogP contribution in [0.25, 0.3) is 0 Å². The van der Waals surface area contributed by atoms with E-state index in [1.165, 1.54) is 7.11 Å². The van der Waals surface area contributed by atoms with Crippen LogP contribution in [0.2, 0.25) is 10.0 Å². The maximum absolute atomic E-state index is 10.8. The van der Waals surface area contributed by atoms with E-state index >= 15 is 0 Å². The molecule has 1 aromatic carbocycles. The van der Waals surface area contributed by atoms with E-state index in [2.05, 4.69) is 10.1 Å². The van der Waals surface area contributed by atoms with Crippen LogP contribution in [0.15, 0.2) is 18.2 Å². The number of methoxy groups -OCH3 is 1. The predicted molar refractivity (Wildman–Crippen MR) is 57.0 cm³/mol. The molecule has 3 nitrogen and oxygen atoms in total. The van der Waals surface area contributed by atoms with Crippen molar-refractivity contribution in [2.75, 3.05) is 19.0 Å². The molecule has 76 valence electrons. The van der Waals surface area contributed by atoms with Crippen LogP contribution >= 0.6 is 23.2 Å². The quantitative estimate of drug-likeness (QED) is 0.817. The number of benzene rings is 1. The van der Waals surface area contributed by atoms with E-state index in [1.807, 2.05) is 0 Å². The highest BCUT2D eigenvalue weighted by Crippen LogP contribution is 2.29. The molecule has 0 aliphatic heterocycles. The summed E-state index contributed by atoms with van der Waals surface area (Å²) < 4.78 is 4.46. The van der Waals surface area contributed by atoms with Crippen molar-refractivity contribution in [3.8, 4) is 0 Å². The highest BCUT2D eigenvalue weighted by Gasteiger charge is 2.06. The zero-order valence-corrected chi connectivity index (χ0v) is 9.02. The lowest BCUT2D eigenvalue weighted by Crippen LogP contribution is -2.15. The Morgan fingerprint density at radius 3 is 2.50 bits per heavy atom. The third kappa shape index (κ3) is 2.79. The van der Waals surface area contributed by atoms with Gasteiger partial charge in [-0.2, -0.15) is 0 Å². The van der Waals surface area contributed by atoms with Gasteiger partial charge in [0.05, 0.1) is 22.8 Å². The van der Waals surface area contributed by atoms with Crippen LogP contribution in [0.4, 0.5) is 5.69 Å². The van der Waals surface area contributed by atoms with Gasteiger partial charge in [-0.15, -0.1) is 0 Å². The Kier molecular flexibility index (Phi) is 4.04. The molecule has 0 bridgehead atoms.